The number of nitrogens with zero attached hydrogens (tertiary/aromatic N) is 3. The molecule has 7 nitrogen and oxygen atoms in total. The molecule has 1 aliphatic heterocycles. The van der Waals surface area contributed by atoms with Gasteiger partial charge in [0.05, 0.1) is 24.6 Å². The quantitative estimate of drug-likeness (QED) is 0.457. The van der Waals surface area contributed by atoms with Gasteiger partial charge in [0, 0.05) is 30.5 Å². The number of amides is 1. The van der Waals surface area contributed by atoms with Gasteiger partial charge in [-0.05, 0) is 55.3 Å². The number of carbonyl (C=O) groups is 1. The van der Waals surface area contributed by atoms with E-state index in [1.807, 2.05) is 66.9 Å². The molecule has 0 saturated carbocycles. The first kappa shape index (κ1) is 21.3. The molecule has 1 amide bonds. The first-order valence-corrected chi connectivity index (χ1v) is 10.5. The lowest BCUT2D eigenvalue weighted by atomic mass is 10.1. The first-order valence-electron chi connectivity index (χ1n) is 10.5. The lowest BCUT2D eigenvalue weighted by molar-refractivity contribution is -0.117. The summed E-state index contributed by atoms with van der Waals surface area (Å²) in [5.74, 6) is 0.315. The Balaban J connectivity index is 1.67. The zero-order valence-corrected chi connectivity index (χ0v) is 17.8. The smallest absolute Gasteiger partial charge is 0.262 e. The number of rotatable bonds is 7. The summed E-state index contributed by atoms with van der Waals surface area (Å²) in [6, 6.07) is 19.2. The Morgan fingerprint density at radius 2 is 2.06 bits per heavy atom. The summed E-state index contributed by atoms with van der Waals surface area (Å²) >= 11 is 0. The van der Waals surface area contributed by atoms with Gasteiger partial charge < -0.3 is 14.8 Å². The number of methoxy groups -OCH3 is 1. The monoisotopic (exact) mass is 428 g/mol. The fourth-order valence-corrected chi connectivity index (χ4v) is 3.59. The molecule has 162 valence electrons. The summed E-state index contributed by atoms with van der Waals surface area (Å²) in [4.78, 5) is 12.6. The van der Waals surface area contributed by atoms with Crippen molar-refractivity contribution in [3.63, 3.8) is 0 Å². The second kappa shape index (κ2) is 9.94. The Labute approximate surface area is 186 Å². The van der Waals surface area contributed by atoms with Crippen LogP contribution in [0.15, 0.2) is 66.4 Å². The van der Waals surface area contributed by atoms with E-state index in [2.05, 4.69) is 5.32 Å². The number of hydrogen-bond acceptors (Lipinski definition) is 5. The molecular weight excluding hydrogens is 404 g/mol. The van der Waals surface area contributed by atoms with E-state index in [-0.39, 0.29) is 11.7 Å². The third-order valence-electron chi connectivity index (χ3n) is 5.31. The van der Waals surface area contributed by atoms with E-state index in [9.17, 15) is 10.1 Å². The molecule has 7 heteroatoms. The first-order chi connectivity index (χ1) is 15.7. The molecule has 0 bridgehead atoms. The standard InChI is InChI=1S/C25H24N4O3/c1-31-22-11-9-18(10-12-22)24-20(17-29(28-24)21-6-3-2-4-7-21)14-19(15-26)25(30)27-16-23-8-5-13-32-23/h2-4,6-7,9-12,14,17,23H,5,8,13,16H2,1H3,(H,27,30)/b19-14+/t23-/m0/s1. The molecule has 2 heterocycles. The predicted octanol–water partition coefficient (Wildman–Crippen LogP) is 3.75. The van der Waals surface area contributed by atoms with Gasteiger partial charge in [0.15, 0.2) is 0 Å². The van der Waals surface area contributed by atoms with Crippen molar-refractivity contribution in [3.8, 4) is 28.8 Å². The van der Waals surface area contributed by atoms with Gasteiger partial charge in [-0.1, -0.05) is 18.2 Å². The average molecular weight is 428 g/mol. The Kier molecular flexibility index (Phi) is 6.63. The maximum atomic E-state index is 12.6. The van der Waals surface area contributed by atoms with Gasteiger partial charge in [-0.25, -0.2) is 4.68 Å². The molecule has 1 fully saturated rings. The van der Waals surface area contributed by atoms with E-state index in [4.69, 9.17) is 14.6 Å². The van der Waals surface area contributed by atoms with Crippen LogP contribution in [0, 0.1) is 11.3 Å². The van der Waals surface area contributed by atoms with Gasteiger partial charge in [-0.3, -0.25) is 4.79 Å². The minimum absolute atomic E-state index is 0.00887. The number of nitrogens with one attached hydrogen (secondary N) is 1. The summed E-state index contributed by atoms with van der Waals surface area (Å²) in [5.41, 5.74) is 3.08. The maximum absolute atomic E-state index is 12.6. The number of para-hydroxylation sites is 1. The zero-order chi connectivity index (χ0) is 22.3. The highest BCUT2D eigenvalue weighted by atomic mass is 16.5. The van der Waals surface area contributed by atoms with Crippen molar-refractivity contribution in [2.45, 2.75) is 18.9 Å². The highest BCUT2D eigenvalue weighted by Crippen LogP contribution is 2.27. The Hall–Kier alpha value is -3.89. The van der Waals surface area contributed by atoms with Crippen LogP contribution in [0.4, 0.5) is 0 Å². The normalized spacial score (nSPS) is 15.9. The Morgan fingerprint density at radius 3 is 2.72 bits per heavy atom. The van der Waals surface area contributed by atoms with Crippen LogP contribution in [0.5, 0.6) is 5.75 Å². The van der Waals surface area contributed by atoms with E-state index in [0.29, 0.717) is 24.4 Å². The highest BCUT2D eigenvalue weighted by Gasteiger charge is 2.19. The van der Waals surface area contributed by atoms with Crippen LogP contribution in [-0.4, -0.2) is 42.1 Å². The topological polar surface area (TPSA) is 89.2 Å². The van der Waals surface area contributed by atoms with Gasteiger partial charge in [-0.15, -0.1) is 0 Å². The van der Waals surface area contributed by atoms with E-state index in [0.717, 1.165) is 29.8 Å². The van der Waals surface area contributed by atoms with Crippen LogP contribution >= 0.6 is 0 Å². The molecule has 0 radical (unpaired) electrons. The Morgan fingerprint density at radius 1 is 1.28 bits per heavy atom. The number of carbonyl (C=O) groups excluding carboxylic acids is 1. The minimum atomic E-state index is -0.420. The molecule has 2 aromatic carbocycles. The van der Waals surface area contributed by atoms with E-state index < -0.39 is 5.91 Å². The molecule has 1 atom stereocenters. The summed E-state index contributed by atoms with van der Waals surface area (Å²) < 4.78 is 12.5. The van der Waals surface area contributed by atoms with Crippen molar-refractivity contribution in [1.82, 2.24) is 15.1 Å². The van der Waals surface area contributed by atoms with Crippen LogP contribution < -0.4 is 10.1 Å². The van der Waals surface area contributed by atoms with Crippen LogP contribution in [0.3, 0.4) is 0 Å². The number of aromatic nitrogens is 2. The van der Waals surface area contributed by atoms with Crippen molar-refractivity contribution in [2.75, 3.05) is 20.3 Å². The molecule has 0 unspecified atom stereocenters. The fourth-order valence-electron chi connectivity index (χ4n) is 3.59. The minimum Gasteiger partial charge on any atom is -0.497 e. The second-order valence-corrected chi connectivity index (χ2v) is 7.46. The summed E-state index contributed by atoms with van der Waals surface area (Å²) in [6.45, 7) is 1.11. The van der Waals surface area contributed by atoms with Crippen molar-refractivity contribution in [1.29, 1.82) is 5.26 Å². The molecule has 0 aliphatic carbocycles. The number of ether oxygens (including phenoxy) is 2. The van der Waals surface area contributed by atoms with E-state index in [1.165, 1.54) is 0 Å². The van der Waals surface area contributed by atoms with E-state index in [1.54, 1.807) is 17.9 Å². The predicted molar refractivity (Wildman–Crippen MR) is 121 cm³/mol. The third kappa shape index (κ3) is 4.88. The number of hydrogen-bond donors (Lipinski definition) is 1. The molecule has 4 rings (SSSR count). The molecule has 3 aromatic rings. The molecular formula is C25H24N4O3. The second-order valence-electron chi connectivity index (χ2n) is 7.46. The van der Waals surface area contributed by atoms with Crippen molar-refractivity contribution in [2.24, 2.45) is 0 Å². The maximum Gasteiger partial charge on any atom is 0.262 e. The van der Waals surface area contributed by atoms with Gasteiger partial charge in [0.1, 0.15) is 17.4 Å². The number of nitriles is 1. The number of benzene rings is 2. The lowest BCUT2D eigenvalue weighted by Gasteiger charge is -2.10. The molecule has 1 aliphatic rings. The van der Waals surface area contributed by atoms with Gasteiger partial charge in [0.2, 0.25) is 0 Å². The lowest BCUT2D eigenvalue weighted by Crippen LogP contribution is -2.32. The van der Waals surface area contributed by atoms with Gasteiger partial charge >= 0.3 is 0 Å². The summed E-state index contributed by atoms with van der Waals surface area (Å²) in [7, 11) is 1.61. The van der Waals surface area contributed by atoms with Crippen molar-refractivity contribution < 1.29 is 14.3 Å². The van der Waals surface area contributed by atoms with Crippen molar-refractivity contribution in [3.05, 3.63) is 71.9 Å². The van der Waals surface area contributed by atoms with Gasteiger partial charge in [0.25, 0.3) is 5.91 Å². The molecule has 1 saturated heterocycles. The largest absolute Gasteiger partial charge is 0.497 e. The summed E-state index contributed by atoms with van der Waals surface area (Å²) in [5, 5.41) is 17.2. The molecule has 0 spiro atoms. The Bertz CT molecular complexity index is 1140. The van der Waals surface area contributed by atoms with Crippen LogP contribution in [-0.2, 0) is 9.53 Å². The average Bonchev–Trinajstić information content (AvgIpc) is 3.52. The molecule has 32 heavy (non-hydrogen) atoms. The highest BCUT2D eigenvalue weighted by molar-refractivity contribution is 6.02. The zero-order valence-electron chi connectivity index (χ0n) is 17.8. The molecule has 1 aromatic heterocycles. The third-order valence-corrected chi connectivity index (χ3v) is 5.31. The van der Waals surface area contributed by atoms with Crippen molar-refractivity contribution >= 4 is 12.0 Å². The van der Waals surface area contributed by atoms with Crippen LogP contribution in [0.2, 0.25) is 0 Å². The van der Waals surface area contributed by atoms with Gasteiger partial charge in [-0.2, -0.15) is 10.4 Å². The fraction of sp³-hybridized carbons (Fsp3) is 0.240. The van der Waals surface area contributed by atoms with E-state index >= 15 is 0 Å². The van der Waals surface area contributed by atoms with Crippen LogP contribution in [0.1, 0.15) is 18.4 Å². The molecule has 1 N–H and O–H groups in total. The van der Waals surface area contributed by atoms with Crippen LogP contribution in [0.25, 0.3) is 23.0 Å². The SMILES string of the molecule is COc1ccc(-c2nn(-c3ccccc3)cc2/C=C(\C#N)C(=O)NC[C@@H]2CCCO2)cc1. The summed E-state index contributed by atoms with van der Waals surface area (Å²) in [6.07, 6.45) is 5.31.